The molecule has 2 heterocycles. The lowest BCUT2D eigenvalue weighted by atomic mass is 10.0. The number of ether oxygens (including phenoxy) is 1. The Hall–Kier alpha value is -3.68. The molecule has 2 amide bonds. The van der Waals surface area contributed by atoms with E-state index in [1.165, 1.54) is 5.56 Å². The van der Waals surface area contributed by atoms with Crippen LogP contribution in [0.5, 0.6) is 5.75 Å². The second-order valence-corrected chi connectivity index (χ2v) is 7.38. The number of amides is 2. The summed E-state index contributed by atoms with van der Waals surface area (Å²) in [5, 5.41) is 9.51. The number of rotatable bonds is 6. The lowest BCUT2D eigenvalue weighted by Crippen LogP contribution is -2.25. The predicted molar refractivity (Wildman–Crippen MR) is 111 cm³/mol. The zero-order chi connectivity index (χ0) is 21.1. The number of fused-ring (bicyclic) bond motifs is 1. The summed E-state index contributed by atoms with van der Waals surface area (Å²) in [4.78, 5) is 28.1. The Morgan fingerprint density at radius 3 is 2.77 bits per heavy atom. The summed E-state index contributed by atoms with van der Waals surface area (Å²) >= 11 is 0. The molecule has 0 unspecified atom stereocenters. The van der Waals surface area contributed by atoms with Gasteiger partial charge in [0, 0.05) is 24.1 Å². The van der Waals surface area contributed by atoms with E-state index < -0.39 is 0 Å². The van der Waals surface area contributed by atoms with E-state index in [0.29, 0.717) is 41.2 Å². The van der Waals surface area contributed by atoms with Crippen molar-refractivity contribution in [2.75, 3.05) is 17.2 Å². The lowest BCUT2D eigenvalue weighted by molar-refractivity contribution is -0.118. The Kier molecular flexibility index (Phi) is 5.47. The van der Waals surface area contributed by atoms with Crippen molar-refractivity contribution in [2.45, 2.75) is 32.6 Å². The molecule has 2 aromatic carbocycles. The molecule has 0 saturated carbocycles. The molecule has 1 aliphatic rings. The molecule has 1 aliphatic heterocycles. The van der Waals surface area contributed by atoms with E-state index in [-0.39, 0.29) is 24.8 Å². The number of aryl methyl sites for hydroxylation is 1. The number of benzene rings is 2. The van der Waals surface area contributed by atoms with Gasteiger partial charge >= 0.3 is 0 Å². The van der Waals surface area contributed by atoms with Gasteiger partial charge in [0.1, 0.15) is 5.75 Å². The van der Waals surface area contributed by atoms with Gasteiger partial charge in [0.15, 0.2) is 6.61 Å². The highest BCUT2D eigenvalue weighted by molar-refractivity contribution is 5.97. The fraction of sp³-hybridized carbons (Fsp3) is 0.273. The van der Waals surface area contributed by atoms with Crippen LogP contribution in [0.25, 0.3) is 11.4 Å². The molecule has 1 aromatic heterocycles. The molecule has 8 nitrogen and oxygen atoms in total. The van der Waals surface area contributed by atoms with Gasteiger partial charge in [-0.05, 0) is 29.7 Å². The SMILES string of the molecule is CC(C)c1ccc(-c2noc(CCC(=O)Nc3ccc4c(c3)NC(=O)CO4)n2)cc1. The van der Waals surface area contributed by atoms with Gasteiger partial charge in [0.25, 0.3) is 5.91 Å². The van der Waals surface area contributed by atoms with E-state index in [1.807, 2.05) is 12.1 Å². The zero-order valence-corrected chi connectivity index (χ0v) is 16.8. The third-order valence-corrected chi connectivity index (χ3v) is 4.77. The Balaban J connectivity index is 1.33. The van der Waals surface area contributed by atoms with Crippen LogP contribution in [-0.4, -0.2) is 28.6 Å². The molecule has 0 spiro atoms. The van der Waals surface area contributed by atoms with Gasteiger partial charge in [-0.2, -0.15) is 4.98 Å². The summed E-state index contributed by atoms with van der Waals surface area (Å²) in [6.07, 6.45) is 0.515. The molecule has 154 valence electrons. The van der Waals surface area contributed by atoms with Crippen molar-refractivity contribution in [3.8, 4) is 17.1 Å². The lowest BCUT2D eigenvalue weighted by Gasteiger charge is -2.18. The first-order valence-corrected chi connectivity index (χ1v) is 9.77. The second-order valence-electron chi connectivity index (χ2n) is 7.38. The van der Waals surface area contributed by atoms with Gasteiger partial charge in [-0.25, -0.2) is 0 Å². The zero-order valence-electron chi connectivity index (χ0n) is 16.8. The van der Waals surface area contributed by atoms with Gasteiger partial charge in [0.05, 0.1) is 5.69 Å². The van der Waals surface area contributed by atoms with Crippen LogP contribution in [0.2, 0.25) is 0 Å². The largest absolute Gasteiger partial charge is 0.482 e. The molecular formula is C22H22N4O4. The van der Waals surface area contributed by atoms with E-state index in [1.54, 1.807) is 18.2 Å². The van der Waals surface area contributed by atoms with E-state index >= 15 is 0 Å². The third kappa shape index (κ3) is 4.48. The predicted octanol–water partition coefficient (Wildman–Crippen LogP) is 3.76. The Morgan fingerprint density at radius 2 is 2.00 bits per heavy atom. The summed E-state index contributed by atoms with van der Waals surface area (Å²) < 4.78 is 10.6. The monoisotopic (exact) mass is 406 g/mol. The normalized spacial score (nSPS) is 12.8. The van der Waals surface area contributed by atoms with Crippen molar-refractivity contribution in [2.24, 2.45) is 0 Å². The van der Waals surface area contributed by atoms with Crippen LogP contribution in [0.1, 0.15) is 37.6 Å². The molecule has 4 rings (SSSR count). The van der Waals surface area contributed by atoms with Crippen LogP contribution in [-0.2, 0) is 16.0 Å². The highest BCUT2D eigenvalue weighted by Gasteiger charge is 2.17. The quantitative estimate of drug-likeness (QED) is 0.646. The molecule has 0 atom stereocenters. The number of carbonyl (C=O) groups is 2. The minimum absolute atomic E-state index is 0.00720. The standard InChI is InChI=1S/C22H22N4O4/c1-13(2)14-3-5-15(6-4-14)22-25-21(30-26-22)10-9-19(27)23-16-7-8-18-17(11-16)24-20(28)12-29-18/h3-8,11,13H,9-10,12H2,1-2H3,(H,23,27)(H,24,28). The Bertz CT molecular complexity index is 1070. The Morgan fingerprint density at radius 1 is 1.20 bits per heavy atom. The van der Waals surface area contributed by atoms with E-state index in [4.69, 9.17) is 9.26 Å². The molecule has 30 heavy (non-hydrogen) atoms. The van der Waals surface area contributed by atoms with E-state index in [2.05, 4.69) is 46.8 Å². The smallest absolute Gasteiger partial charge is 0.262 e. The molecule has 8 heteroatoms. The molecule has 0 aliphatic carbocycles. The summed E-state index contributed by atoms with van der Waals surface area (Å²) in [6.45, 7) is 4.27. The van der Waals surface area contributed by atoms with Crippen molar-refractivity contribution in [1.82, 2.24) is 10.1 Å². The van der Waals surface area contributed by atoms with Crippen LogP contribution < -0.4 is 15.4 Å². The van der Waals surface area contributed by atoms with Gasteiger partial charge in [-0.3, -0.25) is 9.59 Å². The summed E-state index contributed by atoms with van der Waals surface area (Å²) in [5.41, 5.74) is 3.22. The second kappa shape index (κ2) is 8.36. The first-order chi connectivity index (χ1) is 14.5. The van der Waals surface area contributed by atoms with E-state index in [9.17, 15) is 9.59 Å². The number of hydrogen-bond donors (Lipinski definition) is 2. The van der Waals surface area contributed by atoms with Gasteiger partial charge < -0.3 is 19.9 Å². The van der Waals surface area contributed by atoms with Gasteiger partial charge in [-0.15, -0.1) is 0 Å². The molecule has 3 aromatic rings. The number of anilines is 2. The Labute approximate surface area is 173 Å². The third-order valence-electron chi connectivity index (χ3n) is 4.77. The maximum atomic E-state index is 12.3. The fourth-order valence-corrected chi connectivity index (χ4v) is 3.10. The highest BCUT2D eigenvalue weighted by Crippen LogP contribution is 2.30. The summed E-state index contributed by atoms with van der Waals surface area (Å²) in [5.74, 6) is 1.52. The minimum atomic E-state index is -0.225. The maximum absolute atomic E-state index is 12.3. The summed E-state index contributed by atoms with van der Waals surface area (Å²) in [6, 6.07) is 13.1. The molecule has 2 N–H and O–H groups in total. The average molecular weight is 406 g/mol. The van der Waals surface area contributed by atoms with Crippen molar-refractivity contribution in [3.05, 3.63) is 53.9 Å². The van der Waals surface area contributed by atoms with Gasteiger partial charge in [-0.1, -0.05) is 43.3 Å². The first-order valence-electron chi connectivity index (χ1n) is 9.77. The van der Waals surface area contributed by atoms with Crippen LogP contribution in [0.3, 0.4) is 0 Å². The molecule has 0 saturated heterocycles. The molecular weight excluding hydrogens is 384 g/mol. The molecule has 0 fully saturated rings. The number of aromatic nitrogens is 2. The van der Waals surface area contributed by atoms with E-state index in [0.717, 1.165) is 5.56 Å². The number of carbonyl (C=O) groups excluding carboxylic acids is 2. The number of nitrogens with zero attached hydrogens (tertiary/aromatic N) is 2. The van der Waals surface area contributed by atoms with Gasteiger partial charge in [0.2, 0.25) is 17.6 Å². The first kappa shape index (κ1) is 19.6. The maximum Gasteiger partial charge on any atom is 0.262 e. The van der Waals surface area contributed by atoms with Crippen LogP contribution in [0.15, 0.2) is 47.0 Å². The minimum Gasteiger partial charge on any atom is -0.482 e. The molecule has 0 bridgehead atoms. The van der Waals surface area contributed by atoms with Crippen LogP contribution in [0, 0.1) is 0 Å². The van der Waals surface area contributed by atoms with Crippen LogP contribution >= 0.6 is 0 Å². The average Bonchev–Trinajstić information content (AvgIpc) is 3.21. The number of hydrogen-bond acceptors (Lipinski definition) is 6. The number of nitrogens with one attached hydrogen (secondary N) is 2. The topological polar surface area (TPSA) is 106 Å². The van der Waals surface area contributed by atoms with Crippen molar-refractivity contribution in [3.63, 3.8) is 0 Å². The van der Waals surface area contributed by atoms with Crippen molar-refractivity contribution < 1.29 is 18.8 Å². The van der Waals surface area contributed by atoms with Crippen molar-refractivity contribution in [1.29, 1.82) is 0 Å². The highest BCUT2D eigenvalue weighted by atomic mass is 16.5. The fourth-order valence-electron chi connectivity index (χ4n) is 3.10. The summed E-state index contributed by atoms with van der Waals surface area (Å²) in [7, 11) is 0. The van der Waals surface area contributed by atoms with Crippen molar-refractivity contribution >= 4 is 23.2 Å². The van der Waals surface area contributed by atoms with Crippen LogP contribution in [0.4, 0.5) is 11.4 Å². The molecule has 0 radical (unpaired) electrons.